The van der Waals surface area contributed by atoms with Crippen LogP contribution in [0.5, 0.6) is 5.75 Å². The van der Waals surface area contributed by atoms with E-state index >= 15 is 0 Å². The number of hydrogen-bond acceptors (Lipinski definition) is 6. The lowest BCUT2D eigenvalue weighted by Crippen LogP contribution is -3.11. The number of amides is 1. The quantitative estimate of drug-likeness (QED) is 0.219. The van der Waals surface area contributed by atoms with Gasteiger partial charge in [0, 0.05) is 29.8 Å². The standard InChI is InChI=1S/C27H35N3O6/c1-7-29(8-2)14-11-15-30-23(18-12-9-10-13-19(18)35-5)21(25(32)26(30)33)24(31)20-16(3)22(27(34)36-6)28-17(20)4/h9-10,12-13,23,28,31H,7-8,11,14-15H2,1-6H3/b24-21+. The predicted octanol–water partition coefficient (Wildman–Crippen LogP) is 0.966. The molecule has 1 unspecified atom stereocenters. The van der Waals surface area contributed by atoms with Crippen molar-refractivity contribution in [3.8, 4) is 5.75 Å². The van der Waals surface area contributed by atoms with Gasteiger partial charge in [0.15, 0.2) is 0 Å². The molecule has 1 amide bonds. The summed E-state index contributed by atoms with van der Waals surface area (Å²) < 4.78 is 10.4. The van der Waals surface area contributed by atoms with Crippen molar-refractivity contribution >= 4 is 23.4 Å². The number of rotatable bonds is 10. The first-order valence-electron chi connectivity index (χ1n) is 12.2. The van der Waals surface area contributed by atoms with Gasteiger partial charge in [0.25, 0.3) is 5.91 Å². The number of carbonyl (C=O) groups is 3. The molecule has 1 aromatic heterocycles. The van der Waals surface area contributed by atoms with Crippen LogP contribution >= 0.6 is 0 Å². The second-order valence-corrected chi connectivity index (χ2v) is 8.89. The van der Waals surface area contributed by atoms with Crippen LogP contribution < -0.4 is 14.7 Å². The number of likely N-dealkylation sites (tertiary alicyclic amines) is 1. The van der Waals surface area contributed by atoms with Gasteiger partial charge >= 0.3 is 5.97 Å². The summed E-state index contributed by atoms with van der Waals surface area (Å²) in [6.07, 6.45) is 0.678. The van der Waals surface area contributed by atoms with Gasteiger partial charge in [-0.15, -0.1) is 0 Å². The third-order valence-electron chi connectivity index (χ3n) is 6.95. The molecule has 0 aliphatic carbocycles. The molecule has 1 atom stereocenters. The van der Waals surface area contributed by atoms with Crippen LogP contribution in [0.4, 0.5) is 0 Å². The summed E-state index contributed by atoms with van der Waals surface area (Å²) in [7, 11) is 2.76. The molecule has 0 saturated carbocycles. The van der Waals surface area contributed by atoms with Crippen LogP contribution in [0.2, 0.25) is 0 Å². The van der Waals surface area contributed by atoms with Crippen molar-refractivity contribution in [1.82, 2.24) is 9.88 Å². The average Bonchev–Trinajstić information content (AvgIpc) is 3.32. The number of methoxy groups -OCH3 is 2. The van der Waals surface area contributed by atoms with Crippen molar-refractivity contribution in [1.29, 1.82) is 0 Å². The minimum absolute atomic E-state index is 0.138. The fourth-order valence-electron chi connectivity index (χ4n) is 4.95. The van der Waals surface area contributed by atoms with Crippen LogP contribution in [0, 0.1) is 13.8 Å². The van der Waals surface area contributed by atoms with Gasteiger partial charge in [-0.2, -0.15) is 0 Å². The molecule has 1 saturated heterocycles. The number of carbonyl (C=O) groups excluding carboxylic acids is 3. The third kappa shape index (κ3) is 4.88. The number of H-pyrrole nitrogens is 1. The van der Waals surface area contributed by atoms with Crippen LogP contribution in [-0.2, 0) is 14.3 Å². The SMILES string of the molecule is CC[NH+](CC)CCCN1C(=O)C(=O)/C(=C(/[O-])c2c(C)[nH]c(C(=O)OC)c2C)C1c1ccccc1OC. The Kier molecular flexibility index (Phi) is 8.57. The number of para-hydroxylation sites is 1. The van der Waals surface area contributed by atoms with Gasteiger partial charge in [0.1, 0.15) is 11.4 Å². The lowest BCUT2D eigenvalue weighted by atomic mass is 9.93. The minimum atomic E-state index is -0.893. The van der Waals surface area contributed by atoms with Crippen LogP contribution in [-0.4, -0.2) is 67.9 Å². The van der Waals surface area contributed by atoms with Crippen molar-refractivity contribution in [3.63, 3.8) is 0 Å². The number of ether oxygens (including phenoxy) is 2. The predicted molar refractivity (Wildman–Crippen MR) is 133 cm³/mol. The van der Waals surface area contributed by atoms with Gasteiger partial charge < -0.3 is 29.4 Å². The van der Waals surface area contributed by atoms with E-state index in [4.69, 9.17) is 9.47 Å². The molecule has 2 aromatic rings. The monoisotopic (exact) mass is 497 g/mol. The highest BCUT2D eigenvalue weighted by molar-refractivity contribution is 6.46. The second-order valence-electron chi connectivity index (χ2n) is 8.89. The molecule has 0 radical (unpaired) electrons. The van der Waals surface area contributed by atoms with Gasteiger partial charge in [-0.05, 0) is 44.9 Å². The Morgan fingerprint density at radius 1 is 1.14 bits per heavy atom. The maximum atomic E-state index is 13.9. The number of ketones is 1. The topological polar surface area (TPSA) is 116 Å². The van der Waals surface area contributed by atoms with Gasteiger partial charge in [-0.1, -0.05) is 24.0 Å². The maximum absolute atomic E-state index is 13.9. The summed E-state index contributed by atoms with van der Waals surface area (Å²) >= 11 is 0. The van der Waals surface area contributed by atoms with Crippen molar-refractivity contribution in [3.05, 3.63) is 57.9 Å². The molecular formula is C27H35N3O6. The molecule has 0 bridgehead atoms. The Labute approximate surface area is 211 Å². The molecule has 1 aliphatic rings. The van der Waals surface area contributed by atoms with Crippen LogP contribution in [0.3, 0.4) is 0 Å². The van der Waals surface area contributed by atoms with E-state index in [0.717, 1.165) is 19.6 Å². The normalized spacial score (nSPS) is 17.2. The fraction of sp³-hybridized carbons (Fsp3) is 0.444. The Morgan fingerprint density at radius 2 is 1.81 bits per heavy atom. The number of hydrogen-bond donors (Lipinski definition) is 2. The van der Waals surface area contributed by atoms with E-state index in [1.807, 2.05) is 0 Å². The van der Waals surface area contributed by atoms with Crippen molar-refractivity contribution < 1.29 is 33.9 Å². The largest absolute Gasteiger partial charge is 0.872 e. The van der Waals surface area contributed by atoms with E-state index in [2.05, 4.69) is 18.8 Å². The number of quaternary nitrogens is 1. The molecule has 2 heterocycles. The highest BCUT2D eigenvalue weighted by Crippen LogP contribution is 2.43. The average molecular weight is 498 g/mol. The summed E-state index contributed by atoms with van der Waals surface area (Å²) in [5.74, 6) is -2.25. The lowest BCUT2D eigenvalue weighted by Gasteiger charge is -2.29. The van der Waals surface area contributed by atoms with Crippen LogP contribution in [0.15, 0.2) is 29.8 Å². The molecule has 1 fully saturated rings. The zero-order chi connectivity index (χ0) is 26.6. The molecule has 1 aliphatic heterocycles. The molecular weight excluding hydrogens is 462 g/mol. The summed E-state index contributed by atoms with van der Waals surface area (Å²) in [6.45, 7) is 10.6. The number of aryl methyl sites for hydroxylation is 1. The molecule has 3 rings (SSSR count). The minimum Gasteiger partial charge on any atom is -0.872 e. The van der Waals surface area contributed by atoms with Crippen molar-refractivity contribution in [2.24, 2.45) is 0 Å². The van der Waals surface area contributed by atoms with Gasteiger partial charge in [-0.25, -0.2) is 4.79 Å². The Hall–Kier alpha value is -3.59. The van der Waals surface area contributed by atoms with Crippen molar-refractivity contribution in [2.45, 2.75) is 40.2 Å². The zero-order valence-electron chi connectivity index (χ0n) is 21.8. The summed E-state index contributed by atoms with van der Waals surface area (Å²) in [5.41, 5.74) is 1.56. The molecule has 0 spiro atoms. The van der Waals surface area contributed by atoms with Gasteiger partial charge in [0.05, 0.1) is 39.9 Å². The van der Waals surface area contributed by atoms with E-state index in [0.29, 0.717) is 35.5 Å². The Balaban J connectivity index is 2.16. The fourth-order valence-corrected chi connectivity index (χ4v) is 4.95. The van der Waals surface area contributed by atoms with E-state index in [1.54, 1.807) is 38.1 Å². The van der Waals surface area contributed by atoms with Crippen LogP contribution in [0.1, 0.15) is 59.2 Å². The highest BCUT2D eigenvalue weighted by atomic mass is 16.5. The van der Waals surface area contributed by atoms with E-state index < -0.39 is 29.5 Å². The molecule has 1 aromatic carbocycles. The van der Waals surface area contributed by atoms with Crippen LogP contribution in [0.25, 0.3) is 5.76 Å². The number of Topliss-reactive ketones (excluding diaryl/α,β-unsaturated/α-hetero) is 1. The zero-order valence-corrected chi connectivity index (χ0v) is 21.8. The number of benzene rings is 1. The molecule has 36 heavy (non-hydrogen) atoms. The van der Waals surface area contributed by atoms with Gasteiger partial charge in [0.2, 0.25) is 5.78 Å². The molecule has 9 heteroatoms. The lowest BCUT2D eigenvalue weighted by molar-refractivity contribution is -0.896. The number of nitrogens with one attached hydrogen (secondary N) is 2. The number of aromatic nitrogens is 1. The maximum Gasteiger partial charge on any atom is 0.354 e. The second kappa shape index (κ2) is 11.4. The number of aromatic amines is 1. The van der Waals surface area contributed by atoms with E-state index in [-0.39, 0.29) is 16.8 Å². The highest BCUT2D eigenvalue weighted by Gasteiger charge is 2.45. The third-order valence-corrected chi connectivity index (χ3v) is 6.95. The van der Waals surface area contributed by atoms with Crippen molar-refractivity contribution in [2.75, 3.05) is 40.4 Å². The summed E-state index contributed by atoms with van der Waals surface area (Å²) in [5, 5.41) is 13.9. The first kappa shape index (κ1) is 27.0. The first-order valence-corrected chi connectivity index (χ1v) is 12.2. The van der Waals surface area contributed by atoms with E-state index in [9.17, 15) is 19.5 Å². The Bertz CT molecular complexity index is 1180. The summed E-state index contributed by atoms with van der Waals surface area (Å²) in [6, 6.07) is 6.19. The van der Waals surface area contributed by atoms with Gasteiger partial charge in [-0.3, -0.25) is 9.59 Å². The molecule has 9 nitrogen and oxygen atoms in total. The number of nitrogens with zero attached hydrogens (tertiary/aromatic N) is 1. The Morgan fingerprint density at radius 3 is 2.42 bits per heavy atom. The smallest absolute Gasteiger partial charge is 0.354 e. The number of esters is 1. The first-order chi connectivity index (χ1) is 17.2. The van der Waals surface area contributed by atoms with E-state index in [1.165, 1.54) is 24.0 Å². The molecule has 2 N–H and O–H groups in total. The summed E-state index contributed by atoms with van der Waals surface area (Å²) in [4.78, 5) is 44.5. The molecule has 194 valence electrons.